The zero-order valence-electron chi connectivity index (χ0n) is 10.3. The van der Waals surface area contributed by atoms with E-state index in [1.807, 2.05) is 4.90 Å². The molecular weight excluding hydrogens is 299 g/mol. The van der Waals surface area contributed by atoms with Crippen molar-refractivity contribution >= 4 is 21.8 Å². The Morgan fingerprint density at radius 1 is 1.28 bits per heavy atom. The Morgan fingerprint density at radius 3 is 2.78 bits per heavy atom. The van der Waals surface area contributed by atoms with Crippen molar-refractivity contribution < 1.29 is 9.18 Å². The minimum atomic E-state index is -0.345. The molecule has 1 saturated heterocycles. The lowest BCUT2D eigenvalue weighted by Crippen LogP contribution is -2.34. The van der Waals surface area contributed by atoms with E-state index in [1.54, 1.807) is 6.07 Å². The first-order valence-corrected chi connectivity index (χ1v) is 6.80. The van der Waals surface area contributed by atoms with E-state index in [1.165, 1.54) is 12.1 Å². The van der Waals surface area contributed by atoms with Gasteiger partial charge < -0.3 is 9.80 Å². The number of rotatable bonds is 1. The summed E-state index contributed by atoms with van der Waals surface area (Å²) in [6, 6.07) is 4.41. The summed E-state index contributed by atoms with van der Waals surface area (Å²) in [5.74, 6) is -0.367. The predicted molar refractivity (Wildman–Crippen MR) is 72.1 cm³/mol. The fourth-order valence-electron chi connectivity index (χ4n) is 2.06. The molecule has 0 radical (unpaired) electrons. The molecule has 1 amide bonds. The highest BCUT2D eigenvalue weighted by Gasteiger charge is 2.19. The van der Waals surface area contributed by atoms with Gasteiger partial charge in [0, 0.05) is 25.2 Å². The number of hydrogen-bond donors (Lipinski definition) is 0. The summed E-state index contributed by atoms with van der Waals surface area (Å²) in [4.78, 5) is 16.3. The number of likely N-dealkylation sites (N-methyl/N-ethyl adjacent to an activating group) is 1. The van der Waals surface area contributed by atoms with Gasteiger partial charge in [-0.05, 0) is 54.1 Å². The van der Waals surface area contributed by atoms with Crippen LogP contribution in [0.2, 0.25) is 0 Å². The lowest BCUT2D eigenvalue weighted by atomic mass is 10.2. The van der Waals surface area contributed by atoms with Gasteiger partial charge in [-0.2, -0.15) is 0 Å². The van der Waals surface area contributed by atoms with Crippen molar-refractivity contribution in [2.45, 2.75) is 6.42 Å². The van der Waals surface area contributed by atoms with Crippen LogP contribution in [0.25, 0.3) is 0 Å². The fraction of sp³-hybridized carbons (Fsp3) is 0.462. The minimum Gasteiger partial charge on any atom is -0.337 e. The molecule has 0 aliphatic carbocycles. The molecule has 0 N–H and O–H groups in total. The van der Waals surface area contributed by atoms with Crippen molar-refractivity contribution in [1.82, 2.24) is 9.80 Å². The molecule has 1 fully saturated rings. The van der Waals surface area contributed by atoms with E-state index in [0.717, 1.165) is 32.6 Å². The summed E-state index contributed by atoms with van der Waals surface area (Å²) < 4.78 is 13.5. The maximum Gasteiger partial charge on any atom is 0.253 e. The van der Waals surface area contributed by atoms with E-state index in [9.17, 15) is 9.18 Å². The average Bonchev–Trinajstić information content (AvgIpc) is 2.57. The monoisotopic (exact) mass is 314 g/mol. The molecule has 0 spiro atoms. The molecule has 0 atom stereocenters. The molecule has 1 heterocycles. The molecule has 0 bridgehead atoms. The SMILES string of the molecule is CN1CCCN(C(=O)c2ccc(F)c(Br)c2)CC1. The summed E-state index contributed by atoms with van der Waals surface area (Å²) in [6.07, 6.45) is 0.977. The number of nitrogens with zero attached hydrogens (tertiary/aromatic N) is 2. The zero-order chi connectivity index (χ0) is 13.1. The van der Waals surface area contributed by atoms with Gasteiger partial charge in [-0.1, -0.05) is 0 Å². The van der Waals surface area contributed by atoms with Crippen LogP contribution in [0.1, 0.15) is 16.8 Å². The first-order chi connectivity index (χ1) is 8.58. The van der Waals surface area contributed by atoms with E-state index in [2.05, 4.69) is 27.9 Å². The van der Waals surface area contributed by atoms with Gasteiger partial charge in [0.1, 0.15) is 5.82 Å². The van der Waals surface area contributed by atoms with Gasteiger partial charge in [0.25, 0.3) is 5.91 Å². The Kier molecular flexibility index (Phi) is 4.35. The molecule has 5 heteroatoms. The molecule has 1 aliphatic rings. The summed E-state index contributed by atoms with van der Waals surface area (Å²) >= 11 is 3.11. The van der Waals surface area contributed by atoms with Crippen LogP contribution in [0.15, 0.2) is 22.7 Å². The van der Waals surface area contributed by atoms with Crippen molar-refractivity contribution in [1.29, 1.82) is 0 Å². The first kappa shape index (κ1) is 13.5. The Hall–Kier alpha value is -0.940. The maximum atomic E-state index is 13.1. The molecule has 0 aromatic heterocycles. The first-order valence-electron chi connectivity index (χ1n) is 6.01. The molecule has 0 unspecified atom stereocenters. The van der Waals surface area contributed by atoms with Crippen LogP contribution in [0.5, 0.6) is 0 Å². The molecule has 0 saturated carbocycles. The van der Waals surface area contributed by atoms with Crippen LogP contribution >= 0.6 is 15.9 Å². The topological polar surface area (TPSA) is 23.6 Å². The lowest BCUT2D eigenvalue weighted by Gasteiger charge is -2.20. The molecule has 3 nitrogen and oxygen atoms in total. The van der Waals surface area contributed by atoms with Gasteiger partial charge in [-0.3, -0.25) is 4.79 Å². The summed E-state index contributed by atoms with van der Waals surface area (Å²) in [6.45, 7) is 3.38. The van der Waals surface area contributed by atoms with Crippen molar-refractivity contribution in [3.8, 4) is 0 Å². The largest absolute Gasteiger partial charge is 0.337 e. The van der Waals surface area contributed by atoms with E-state index < -0.39 is 0 Å². The van der Waals surface area contributed by atoms with E-state index >= 15 is 0 Å². The van der Waals surface area contributed by atoms with Gasteiger partial charge in [0.2, 0.25) is 0 Å². The summed E-state index contributed by atoms with van der Waals surface area (Å²) in [5, 5.41) is 0. The number of carbonyl (C=O) groups excluding carboxylic acids is 1. The third-order valence-electron chi connectivity index (χ3n) is 3.17. The van der Waals surface area contributed by atoms with Crippen LogP contribution in [0, 0.1) is 5.82 Å². The van der Waals surface area contributed by atoms with Crippen molar-refractivity contribution in [3.05, 3.63) is 34.1 Å². The van der Waals surface area contributed by atoms with Crippen LogP contribution in [-0.4, -0.2) is 48.9 Å². The highest BCUT2D eigenvalue weighted by molar-refractivity contribution is 9.10. The van der Waals surface area contributed by atoms with Crippen molar-refractivity contribution in [2.75, 3.05) is 33.2 Å². The molecular formula is C13H16BrFN2O. The predicted octanol–water partition coefficient (Wildman–Crippen LogP) is 2.37. The van der Waals surface area contributed by atoms with Gasteiger partial charge in [0.05, 0.1) is 4.47 Å². The normalized spacial score (nSPS) is 17.6. The fourth-order valence-corrected chi connectivity index (χ4v) is 2.44. The molecule has 2 rings (SSSR count). The maximum absolute atomic E-state index is 13.1. The lowest BCUT2D eigenvalue weighted by molar-refractivity contribution is 0.0762. The van der Waals surface area contributed by atoms with Crippen LogP contribution in [0.4, 0.5) is 4.39 Å². The molecule has 1 aliphatic heterocycles. The van der Waals surface area contributed by atoms with Crippen molar-refractivity contribution in [3.63, 3.8) is 0 Å². The Balaban J connectivity index is 2.12. The number of hydrogen-bond acceptors (Lipinski definition) is 2. The van der Waals surface area contributed by atoms with Gasteiger partial charge in [-0.25, -0.2) is 4.39 Å². The second-order valence-electron chi connectivity index (χ2n) is 4.58. The Bertz CT molecular complexity index is 453. The van der Waals surface area contributed by atoms with Gasteiger partial charge in [0.15, 0.2) is 0 Å². The third-order valence-corrected chi connectivity index (χ3v) is 3.78. The smallest absolute Gasteiger partial charge is 0.253 e. The van der Waals surface area contributed by atoms with E-state index in [4.69, 9.17) is 0 Å². The second kappa shape index (κ2) is 5.80. The minimum absolute atomic E-state index is 0.0222. The molecule has 18 heavy (non-hydrogen) atoms. The standard InChI is InChI=1S/C13H16BrFN2O/c1-16-5-2-6-17(8-7-16)13(18)10-3-4-12(15)11(14)9-10/h3-4,9H,2,5-8H2,1H3. The summed E-state index contributed by atoms with van der Waals surface area (Å²) in [5.41, 5.74) is 0.535. The average molecular weight is 315 g/mol. The quantitative estimate of drug-likeness (QED) is 0.794. The summed E-state index contributed by atoms with van der Waals surface area (Å²) in [7, 11) is 2.06. The van der Waals surface area contributed by atoms with Crippen molar-refractivity contribution in [2.24, 2.45) is 0 Å². The highest BCUT2D eigenvalue weighted by atomic mass is 79.9. The van der Waals surface area contributed by atoms with E-state index in [0.29, 0.717) is 10.0 Å². The number of carbonyl (C=O) groups is 1. The van der Waals surface area contributed by atoms with Gasteiger partial charge >= 0.3 is 0 Å². The van der Waals surface area contributed by atoms with Crippen LogP contribution in [0.3, 0.4) is 0 Å². The molecule has 1 aromatic rings. The molecule has 1 aromatic carbocycles. The Morgan fingerprint density at radius 2 is 2.06 bits per heavy atom. The third kappa shape index (κ3) is 3.09. The highest BCUT2D eigenvalue weighted by Crippen LogP contribution is 2.18. The van der Waals surface area contributed by atoms with Gasteiger partial charge in [-0.15, -0.1) is 0 Å². The van der Waals surface area contributed by atoms with Crippen LogP contribution in [-0.2, 0) is 0 Å². The zero-order valence-corrected chi connectivity index (χ0v) is 11.9. The number of halogens is 2. The second-order valence-corrected chi connectivity index (χ2v) is 5.43. The molecule has 98 valence electrons. The van der Waals surface area contributed by atoms with E-state index in [-0.39, 0.29) is 11.7 Å². The number of amides is 1. The number of benzene rings is 1. The Labute approximate surface area is 115 Å². The van der Waals surface area contributed by atoms with Crippen LogP contribution < -0.4 is 0 Å².